The van der Waals surface area contributed by atoms with E-state index in [4.69, 9.17) is 0 Å². The van der Waals surface area contributed by atoms with Crippen LogP contribution in [0.15, 0.2) is 170 Å². The summed E-state index contributed by atoms with van der Waals surface area (Å²) in [6.45, 7) is 0. The standard InChI is InChI=1S/C46H28/c1-3-15-32-29(13-1)25-42(36-19-7-5-17-34(32)36)44-27-31-28-45(39-22-10-12-24-41(39)46(31)40-23-11-9-21-38(40)44)43-26-30-14-2-4-16-33(30)35-18-6-8-20-37(35)43/h1-28H. The summed E-state index contributed by atoms with van der Waals surface area (Å²) in [5.74, 6) is 0. The van der Waals surface area contributed by atoms with Gasteiger partial charge in [0.2, 0.25) is 0 Å². The predicted octanol–water partition coefficient (Wildman–Crippen LogP) is 13.1. The molecule has 0 radical (unpaired) electrons. The minimum absolute atomic E-state index is 1.26. The van der Waals surface area contributed by atoms with E-state index in [0.29, 0.717) is 0 Å². The average Bonchev–Trinajstić information content (AvgIpc) is 3.13. The van der Waals surface area contributed by atoms with Crippen molar-refractivity contribution in [2.24, 2.45) is 0 Å². The monoisotopic (exact) mass is 580 g/mol. The maximum atomic E-state index is 2.45. The minimum atomic E-state index is 1.26. The molecule has 0 saturated carbocycles. The molecule has 212 valence electrons. The van der Waals surface area contributed by atoms with Crippen LogP contribution in [0.4, 0.5) is 0 Å². The van der Waals surface area contributed by atoms with Crippen LogP contribution in [0.5, 0.6) is 0 Å². The summed E-state index contributed by atoms with van der Waals surface area (Å²) in [5.41, 5.74) is 5.10. The normalized spacial score (nSPS) is 11.9. The number of hydrogen-bond donors (Lipinski definition) is 0. The maximum absolute atomic E-state index is 2.45. The lowest BCUT2D eigenvalue weighted by atomic mass is 9.85. The Balaban J connectivity index is 1.38. The third kappa shape index (κ3) is 3.62. The molecule has 0 aliphatic rings. The molecule has 0 saturated heterocycles. The first kappa shape index (κ1) is 25.4. The van der Waals surface area contributed by atoms with Crippen molar-refractivity contribution in [3.05, 3.63) is 170 Å². The Morgan fingerprint density at radius 2 is 0.457 bits per heavy atom. The minimum Gasteiger partial charge on any atom is -0.0616 e. The van der Waals surface area contributed by atoms with Gasteiger partial charge in [-0.25, -0.2) is 0 Å². The van der Waals surface area contributed by atoms with Crippen LogP contribution in [0.2, 0.25) is 0 Å². The van der Waals surface area contributed by atoms with Gasteiger partial charge in [-0.2, -0.15) is 0 Å². The SMILES string of the molecule is c1ccc2c(c1)cc(-c1cc3cc(-c4cc5ccccc5c5ccccc45)c4ccccc4c3c3ccccc13)c1ccccc12. The van der Waals surface area contributed by atoms with Gasteiger partial charge in [-0.3, -0.25) is 0 Å². The van der Waals surface area contributed by atoms with Crippen LogP contribution in [-0.2, 0) is 0 Å². The third-order valence-corrected chi connectivity index (χ3v) is 9.98. The van der Waals surface area contributed by atoms with E-state index in [-0.39, 0.29) is 0 Å². The van der Waals surface area contributed by atoms with Crippen molar-refractivity contribution in [3.8, 4) is 22.3 Å². The topological polar surface area (TPSA) is 0 Å². The predicted molar refractivity (Wildman–Crippen MR) is 200 cm³/mol. The van der Waals surface area contributed by atoms with Gasteiger partial charge in [0.15, 0.2) is 0 Å². The second-order valence-electron chi connectivity index (χ2n) is 12.4. The molecule has 0 N–H and O–H groups in total. The van der Waals surface area contributed by atoms with Crippen LogP contribution >= 0.6 is 0 Å². The van der Waals surface area contributed by atoms with Crippen molar-refractivity contribution >= 4 is 75.4 Å². The van der Waals surface area contributed by atoms with Gasteiger partial charge in [-0.05, 0) is 122 Å². The summed E-state index contributed by atoms with van der Waals surface area (Å²) in [5, 5.41) is 18.0. The first-order chi connectivity index (χ1) is 22.8. The van der Waals surface area contributed by atoms with Crippen molar-refractivity contribution in [3.63, 3.8) is 0 Å². The van der Waals surface area contributed by atoms with Gasteiger partial charge in [0.25, 0.3) is 0 Å². The van der Waals surface area contributed by atoms with Crippen molar-refractivity contribution in [1.29, 1.82) is 0 Å². The Bertz CT molecular complexity index is 2660. The van der Waals surface area contributed by atoms with Gasteiger partial charge >= 0.3 is 0 Å². The van der Waals surface area contributed by atoms with E-state index in [9.17, 15) is 0 Å². The number of rotatable bonds is 2. The highest BCUT2D eigenvalue weighted by atomic mass is 14.2. The van der Waals surface area contributed by atoms with Crippen molar-refractivity contribution in [1.82, 2.24) is 0 Å². The van der Waals surface area contributed by atoms with E-state index in [0.717, 1.165) is 0 Å². The van der Waals surface area contributed by atoms with Crippen molar-refractivity contribution in [2.75, 3.05) is 0 Å². The molecule has 10 rings (SSSR count). The molecule has 0 bridgehead atoms. The van der Waals surface area contributed by atoms with Gasteiger partial charge in [0, 0.05) is 0 Å². The zero-order valence-electron chi connectivity index (χ0n) is 25.2. The summed E-state index contributed by atoms with van der Waals surface area (Å²) in [6, 6.07) is 62.9. The smallest absolute Gasteiger partial charge is 0.00259 e. The average molecular weight is 581 g/mol. The molecule has 0 nitrogen and oxygen atoms in total. The molecule has 0 amide bonds. The Labute approximate surface area is 266 Å². The Morgan fingerprint density at radius 1 is 0.196 bits per heavy atom. The molecule has 0 unspecified atom stereocenters. The molecular weight excluding hydrogens is 553 g/mol. The highest BCUT2D eigenvalue weighted by molar-refractivity contribution is 6.28. The van der Waals surface area contributed by atoms with Crippen LogP contribution in [0, 0.1) is 0 Å². The second-order valence-corrected chi connectivity index (χ2v) is 12.4. The number of benzene rings is 10. The summed E-state index contributed by atoms with van der Waals surface area (Å²) in [6.07, 6.45) is 0. The fraction of sp³-hybridized carbons (Fsp3) is 0. The van der Waals surface area contributed by atoms with Gasteiger partial charge < -0.3 is 0 Å². The molecule has 10 aromatic carbocycles. The van der Waals surface area contributed by atoms with Crippen LogP contribution in [0.3, 0.4) is 0 Å². The number of fused-ring (bicyclic) bond motifs is 11. The van der Waals surface area contributed by atoms with Gasteiger partial charge in [0.05, 0.1) is 0 Å². The molecule has 0 aromatic heterocycles. The highest BCUT2D eigenvalue weighted by Gasteiger charge is 2.18. The molecule has 46 heavy (non-hydrogen) atoms. The first-order valence-electron chi connectivity index (χ1n) is 16.0. The van der Waals surface area contributed by atoms with Crippen LogP contribution in [0.25, 0.3) is 97.7 Å². The van der Waals surface area contributed by atoms with Crippen LogP contribution in [0.1, 0.15) is 0 Å². The Morgan fingerprint density at radius 3 is 0.848 bits per heavy atom. The van der Waals surface area contributed by atoms with E-state index in [2.05, 4.69) is 170 Å². The highest BCUT2D eigenvalue weighted by Crippen LogP contribution is 2.46. The zero-order chi connectivity index (χ0) is 30.2. The lowest BCUT2D eigenvalue weighted by Crippen LogP contribution is -1.91. The molecule has 0 fully saturated rings. The van der Waals surface area contributed by atoms with E-state index >= 15 is 0 Å². The van der Waals surface area contributed by atoms with Gasteiger partial charge in [-0.1, -0.05) is 146 Å². The summed E-state index contributed by atoms with van der Waals surface area (Å²) in [7, 11) is 0. The summed E-state index contributed by atoms with van der Waals surface area (Å²) >= 11 is 0. The molecule has 0 heterocycles. The molecule has 10 aromatic rings. The Hall–Kier alpha value is -5.98. The molecule has 0 aliphatic heterocycles. The largest absolute Gasteiger partial charge is 0.0616 e. The van der Waals surface area contributed by atoms with E-state index < -0.39 is 0 Å². The van der Waals surface area contributed by atoms with Gasteiger partial charge in [-0.15, -0.1) is 0 Å². The summed E-state index contributed by atoms with van der Waals surface area (Å²) < 4.78 is 0. The van der Waals surface area contributed by atoms with Crippen molar-refractivity contribution in [2.45, 2.75) is 0 Å². The molecule has 0 atom stereocenters. The van der Waals surface area contributed by atoms with Gasteiger partial charge in [0.1, 0.15) is 0 Å². The second kappa shape index (κ2) is 9.76. The quantitative estimate of drug-likeness (QED) is 0.178. The lowest BCUT2D eigenvalue weighted by Gasteiger charge is -2.19. The molecule has 0 heteroatoms. The number of hydrogen-bond acceptors (Lipinski definition) is 0. The summed E-state index contributed by atoms with van der Waals surface area (Å²) in [4.78, 5) is 0. The van der Waals surface area contributed by atoms with E-state index in [1.807, 2.05) is 0 Å². The molecule has 0 spiro atoms. The maximum Gasteiger partial charge on any atom is -0.00259 e. The first-order valence-corrected chi connectivity index (χ1v) is 16.0. The Kier molecular flexibility index (Phi) is 5.38. The van der Waals surface area contributed by atoms with E-state index in [1.54, 1.807) is 0 Å². The molecular formula is C46H28. The lowest BCUT2D eigenvalue weighted by molar-refractivity contribution is 1.71. The zero-order valence-corrected chi connectivity index (χ0v) is 25.2. The fourth-order valence-electron chi connectivity index (χ4n) is 7.98. The van der Waals surface area contributed by atoms with Crippen LogP contribution < -0.4 is 0 Å². The fourth-order valence-corrected chi connectivity index (χ4v) is 7.98. The van der Waals surface area contributed by atoms with E-state index in [1.165, 1.54) is 97.7 Å². The van der Waals surface area contributed by atoms with Crippen molar-refractivity contribution < 1.29 is 0 Å². The van der Waals surface area contributed by atoms with Crippen LogP contribution in [-0.4, -0.2) is 0 Å². The molecule has 0 aliphatic carbocycles. The third-order valence-electron chi connectivity index (χ3n) is 9.98.